The lowest BCUT2D eigenvalue weighted by molar-refractivity contribution is -0.121. The lowest BCUT2D eigenvalue weighted by Crippen LogP contribution is -2.30. The lowest BCUT2D eigenvalue weighted by atomic mass is 9.72. The molecule has 0 saturated heterocycles. The van der Waals surface area contributed by atoms with Gasteiger partial charge in [0.25, 0.3) is 0 Å². The monoisotopic (exact) mass is 282 g/mol. The zero-order valence-corrected chi connectivity index (χ0v) is 12.2. The molecule has 1 fully saturated rings. The van der Waals surface area contributed by atoms with Crippen LogP contribution in [0.15, 0.2) is 53.9 Å². The van der Waals surface area contributed by atoms with Crippen molar-refractivity contribution in [2.75, 3.05) is 0 Å². The molecule has 0 aliphatic heterocycles. The second kappa shape index (κ2) is 5.76. The summed E-state index contributed by atoms with van der Waals surface area (Å²) in [6, 6.07) is 14.6. The molecule has 1 heterocycles. The van der Waals surface area contributed by atoms with Gasteiger partial charge in [-0.3, -0.25) is 4.79 Å². The molecule has 0 spiro atoms. The number of hydrogen-bond acceptors (Lipinski definition) is 2. The zero-order chi connectivity index (χ0) is 13.8. The van der Waals surface area contributed by atoms with Crippen LogP contribution in [0, 0.1) is 0 Å². The summed E-state index contributed by atoms with van der Waals surface area (Å²) in [6.07, 6.45) is 7.88. The summed E-state index contributed by atoms with van der Waals surface area (Å²) in [4.78, 5) is 13.3. The van der Waals surface area contributed by atoms with Crippen molar-refractivity contribution >= 4 is 23.2 Å². The number of rotatable bonds is 3. The van der Waals surface area contributed by atoms with Crippen LogP contribution in [-0.4, -0.2) is 5.78 Å². The molecule has 0 bridgehead atoms. The molecule has 1 atom stereocenters. The molecule has 1 aromatic heterocycles. The second-order valence-corrected chi connectivity index (χ2v) is 6.39. The Kier molecular flexibility index (Phi) is 3.83. The highest BCUT2D eigenvalue weighted by molar-refractivity contribution is 7.10. The standard InChI is InChI=1S/C18H18OS/c19-16-8-4-11-18(14-16,17-9-5-13-20-17)12-10-15-6-2-1-3-7-15/h1-3,5-7,9-10,12-13H,4,8,11,14H2/b12-10+. The number of carbonyl (C=O) groups is 1. The van der Waals surface area contributed by atoms with E-state index in [1.165, 1.54) is 10.4 Å². The fourth-order valence-corrected chi connectivity index (χ4v) is 3.88. The predicted molar refractivity (Wildman–Crippen MR) is 84.9 cm³/mol. The number of carbonyl (C=O) groups excluding carboxylic acids is 1. The Labute approximate surface area is 124 Å². The van der Waals surface area contributed by atoms with Crippen LogP contribution >= 0.6 is 11.3 Å². The summed E-state index contributed by atoms with van der Waals surface area (Å²) in [5, 5.41) is 2.10. The molecule has 0 radical (unpaired) electrons. The van der Waals surface area contributed by atoms with Gasteiger partial charge < -0.3 is 0 Å². The van der Waals surface area contributed by atoms with Crippen LogP contribution in [0.4, 0.5) is 0 Å². The molecule has 0 N–H and O–H groups in total. The minimum absolute atomic E-state index is 0.0840. The summed E-state index contributed by atoms with van der Waals surface area (Å²) in [7, 11) is 0. The van der Waals surface area contributed by atoms with E-state index in [0.717, 1.165) is 19.3 Å². The van der Waals surface area contributed by atoms with Gasteiger partial charge in [-0.05, 0) is 29.9 Å². The molecule has 102 valence electrons. The van der Waals surface area contributed by atoms with E-state index in [0.29, 0.717) is 12.2 Å². The van der Waals surface area contributed by atoms with E-state index in [9.17, 15) is 4.79 Å². The van der Waals surface area contributed by atoms with Crippen molar-refractivity contribution < 1.29 is 4.79 Å². The topological polar surface area (TPSA) is 17.1 Å². The third kappa shape index (κ3) is 2.75. The van der Waals surface area contributed by atoms with Gasteiger partial charge in [-0.1, -0.05) is 48.6 Å². The Balaban J connectivity index is 1.94. The molecule has 1 unspecified atom stereocenters. The molecule has 3 rings (SSSR count). The van der Waals surface area contributed by atoms with Gasteiger partial charge in [-0.2, -0.15) is 0 Å². The number of Topliss-reactive ketones (excluding diaryl/α,β-unsaturated/α-hetero) is 1. The Morgan fingerprint density at radius 1 is 1.10 bits per heavy atom. The average Bonchev–Trinajstić information content (AvgIpc) is 3.01. The maximum atomic E-state index is 12.0. The predicted octanol–water partition coefficient (Wildman–Crippen LogP) is 4.84. The van der Waals surface area contributed by atoms with E-state index in [1.54, 1.807) is 11.3 Å². The SMILES string of the molecule is O=C1CCCC(/C=C/c2ccccc2)(c2cccs2)C1. The number of ketones is 1. The first-order chi connectivity index (χ1) is 9.78. The largest absolute Gasteiger partial charge is 0.300 e. The molecular formula is C18H18OS. The van der Waals surface area contributed by atoms with Gasteiger partial charge in [0, 0.05) is 23.1 Å². The smallest absolute Gasteiger partial charge is 0.134 e. The van der Waals surface area contributed by atoms with E-state index in [-0.39, 0.29) is 5.41 Å². The van der Waals surface area contributed by atoms with E-state index in [1.807, 2.05) is 18.2 Å². The molecule has 1 aromatic carbocycles. The van der Waals surface area contributed by atoms with Gasteiger partial charge in [0.05, 0.1) is 0 Å². The molecule has 0 amide bonds. The third-order valence-corrected chi connectivity index (χ3v) is 5.09. The van der Waals surface area contributed by atoms with E-state index in [2.05, 4.69) is 41.8 Å². The van der Waals surface area contributed by atoms with E-state index >= 15 is 0 Å². The van der Waals surface area contributed by atoms with Crippen molar-refractivity contribution in [1.82, 2.24) is 0 Å². The average molecular weight is 282 g/mol. The third-order valence-electron chi connectivity index (χ3n) is 4.00. The molecule has 20 heavy (non-hydrogen) atoms. The van der Waals surface area contributed by atoms with Crippen LogP contribution in [0.2, 0.25) is 0 Å². The van der Waals surface area contributed by atoms with Gasteiger partial charge in [-0.25, -0.2) is 0 Å². The number of benzene rings is 1. The van der Waals surface area contributed by atoms with Crippen molar-refractivity contribution in [2.45, 2.75) is 31.1 Å². The van der Waals surface area contributed by atoms with Gasteiger partial charge in [0.1, 0.15) is 5.78 Å². The first kappa shape index (κ1) is 13.3. The summed E-state index contributed by atoms with van der Waals surface area (Å²) >= 11 is 1.76. The highest BCUT2D eigenvalue weighted by atomic mass is 32.1. The number of hydrogen-bond donors (Lipinski definition) is 0. The molecule has 1 saturated carbocycles. The molecule has 1 nitrogen and oxygen atoms in total. The normalized spacial score (nSPS) is 23.3. The Bertz CT molecular complexity index is 598. The minimum atomic E-state index is -0.0840. The maximum absolute atomic E-state index is 12.0. The fraction of sp³-hybridized carbons (Fsp3) is 0.278. The van der Waals surface area contributed by atoms with Crippen molar-refractivity contribution in [3.8, 4) is 0 Å². The van der Waals surface area contributed by atoms with Crippen LogP contribution in [0.1, 0.15) is 36.1 Å². The number of allylic oxidation sites excluding steroid dienone is 1. The number of thiophene rings is 1. The van der Waals surface area contributed by atoms with E-state index < -0.39 is 0 Å². The van der Waals surface area contributed by atoms with Crippen molar-refractivity contribution in [2.24, 2.45) is 0 Å². The molecule has 1 aliphatic rings. The minimum Gasteiger partial charge on any atom is -0.300 e. The van der Waals surface area contributed by atoms with Gasteiger partial charge >= 0.3 is 0 Å². The Hall–Kier alpha value is -1.67. The molecule has 2 heteroatoms. The molecule has 1 aliphatic carbocycles. The summed E-state index contributed by atoms with van der Waals surface area (Å²) in [5.41, 5.74) is 1.11. The first-order valence-corrected chi connectivity index (χ1v) is 7.96. The van der Waals surface area contributed by atoms with Gasteiger partial charge in [0.2, 0.25) is 0 Å². The van der Waals surface area contributed by atoms with Crippen LogP contribution in [0.3, 0.4) is 0 Å². The quantitative estimate of drug-likeness (QED) is 0.787. The summed E-state index contributed by atoms with van der Waals surface area (Å²) < 4.78 is 0. The second-order valence-electron chi connectivity index (χ2n) is 5.45. The Morgan fingerprint density at radius 3 is 2.65 bits per heavy atom. The highest BCUT2D eigenvalue weighted by Crippen LogP contribution is 2.41. The van der Waals surface area contributed by atoms with Crippen LogP contribution < -0.4 is 0 Å². The lowest BCUT2D eigenvalue weighted by Gasteiger charge is -2.33. The first-order valence-electron chi connectivity index (χ1n) is 7.08. The summed E-state index contributed by atoms with van der Waals surface area (Å²) in [5.74, 6) is 0.391. The van der Waals surface area contributed by atoms with Gasteiger partial charge in [-0.15, -0.1) is 11.3 Å². The van der Waals surface area contributed by atoms with E-state index in [4.69, 9.17) is 0 Å². The molecule has 2 aromatic rings. The molecular weight excluding hydrogens is 264 g/mol. The van der Waals surface area contributed by atoms with Crippen LogP contribution in [0.25, 0.3) is 6.08 Å². The van der Waals surface area contributed by atoms with Crippen LogP contribution in [0.5, 0.6) is 0 Å². The fourth-order valence-electron chi connectivity index (χ4n) is 2.95. The van der Waals surface area contributed by atoms with Crippen LogP contribution in [-0.2, 0) is 10.2 Å². The van der Waals surface area contributed by atoms with Gasteiger partial charge in [0.15, 0.2) is 0 Å². The van der Waals surface area contributed by atoms with Crippen molar-refractivity contribution in [3.63, 3.8) is 0 Å². The maximum Gasteiger partial charge on any atom is 0.134 e. The summed E-state index contributed by atoms with van der Waals surface area (Å²) in [6.45, 7) is 0. The van der Waals surface area contributed by atoms with Crippen molar-refractivity contribution in [1.29, 1.82) is 0 Å². The van der Waals surface area contributed by atoms with Crippen molar-refractivity contribution in [3.05, 3.63) is 64.4 Å². The zero-order valence-electron chi connectivity index (χ0n) is 11.4. The highest BCUT2D eigenvalue weighted by Gasteiger charge is 2.35. The Morgan fingerprint density at radius 2 is 1.95 bits per heavy atom.